The molecule has 0 radical (unpaired) electrons. The summed E-state index contributed by atoms with van der Waals surface area (Å²) in [6.07, 6.45) is 29.5. The normalized spacial score (nSPS) is 14.8. The Balaban J connectivity index is 2.27. The van der Waals surface area contributed by atoms with Gasteiger partial charge in [0, 0.05) is 52.1 Å². The van der Waals surface area contributed by atoms with Crippen LogP contribution in [0.2, 0.25) is 0 Å². The van der Waals surface area contributed by atoms with Crippen LogP contribution in [0, 0.1) is 0 Å². The van der Waals surface area contributed by atoms with Crippen LogP contribution in [-0.2, 0) is 19.1 Å². The number of piperazine rings is 1. The molecule has 1 aliphatic rings. The van der Waals surface area contributed by atoms with Gasteiger partial charge in [-0.2, -0.15) is 0 Å². The first-order chi connectivity index (χ1) is 24.0. The molecule has 1 heterocycles. The number of unbranched alkanes of at least 4 members (excludes halogenated alkanes) is 17. The summed E-state index contributed by atoms with van der Waals surface area (Å²) < 4.78 is 11.4. The highest BCUT2D eigenvalue weighted by atomic mass is 16.5. The summed E-state index contributed by atoms with van der Waals surface area (Å²) in [5, 5.41) is 0. The minimum absolute atomic E-state index is 0.0172. The first kappa shape index (κ1) is 45.8. The fraction of sp³-hybridized carbons (Fsp3) is 0.952. The van der Waals surface area contributed by atoms with Gasteiger partial charge in [0.25, 0.3) is 0 Å². The molecule has 0 saturated carbocycles. The van der Waals surface area contributed by atoms with Crippen LogP contribution >= 0.6 is 0 Å². The predicted molar refractivity (Wildman–Crippen MR) is 208 cm³/mol. The van der Waals surface area contributed by atoms with Crippen LogP contribution in [0.5, 0.6) is 0 Å². The second-order valence-corrected chi connectivity index (χ2v) is 15.1. The Hall–Kier alpha value is -1.18. The summed E-state index contributed by atoms with van der Waals surface area (Å²) >= 11 is 0. The molecule has 0 aromatic rings. The number of ether oxygens (including phenoxy) is 2. The van der Waals surface area contributed by atoms with Gasteiger partial charge in [-0.05, 0) is 77.9 Å². The molecule has 0 aromatic heterocycles. The maximum atomic E-state index is 12.7. The van der Waals surface area contributed by atoms with E-state index in [0.29, 0.717) is 19.4 Å². The van der Waals surface area contributed by atoms with Crippen molar-refractivity contribution in [1.29, 1.82) is 0 Å². The molecule has 1 saturated heterocycles. The summed E-state index contributed by atoms with van der Waals surface area (Å²) in [6, 6.07) is 0. The average molecular weight is 694 g/mol. The SMILES string of the molecule is CCCCCCCC(CCCCCC)OC(=O)CCCCCCCN(CCCCCCCC(=O)OCCCCC)CCN1CCN(C)CC1. The molecule has 7 nitrogen and oxygen atoms in total. The van der Waals surface area contributed by atoms with Gasteiger partial charge >= 0.3 is 11.9 Å². The molecule has 1 rings (SSSR count). The monoisotopic (exact) mass is 694 g/mol. The zero-order valence-corrected chi connectivity index (χ0v) is 33.3. The Kier molecular flexibility index (Phi) is 31.7. The molecule has 1 unspecified atom stereocenters. The maximum absolute atomic E-state index is 12.7. The highest BCUT2D eigenvalue weighted by Gasteiger charge is 2.16. The molecule has 0 N–H and O–H groups in total. The van der Waals surface area contributed by atoms with Crippen molar-refractivity contribution >= 4 is 11.9 Å². The molecule has 0 bridgehead atoms. The van der Waals surface area contributed by atoms with Crippen LogP contribution < -0.4 is 0 Å². The molecule has 290 valence electrons. The van der Waals surface area contributed by atoms with E-state index >= 15 is 0 Å². The van der Waals surface area contributed by atoms with Gasteiger partial charge < -0.3 is 19.3 Å². The molecule has 1 aliphatic heterocycles. The van der Waals surface area contributed by atoms with Crippen LogP contribution in [0.4, 0.5) is 0 Å². The standard InChI is InChI=1S/C42H83N3O4/c1-5-8-11-15-21-28-40(27-20-12-9-6-2)49-42(47)30-23-17-14-19-25-32-44(37-38-45-35-33-43(4)34-36-45)31-24-18-13-16-22-29-41(46)48-39-26-10-7-3/h40H,5-39H2,1-4H3. The lowest BCUT2D eigenvalue weighted by molar-refractivity contribution is -0.150. The highest BCUT2D eigenvalue weighted by Crippen LogP contribution is 2.18. The van der Waals surface area contributed by atoms with Crippen molar-refractivity contribution in [2.45, 2.75) is 194 Å². The van der Waals surface area contributed by atoms with Crippen molar-refractivity contribution in [2.24, 2.45) is 0 Å². The van der Waals surface area contributed by atoms with Gasteiger partial charge in [0.2, 0.25) is 0 Å². The fourth-order valence-electron chi connectivity index (χ4n) is 6.85. The van der Waals surface area contributed by atoms with Crippen molar-refractivity contribution in [3.63, 3.8) is 0 Å². The smallest absolute Gasteiger partial charge is 0.306 e. The Bertz CT molecular complexity index is 743. The van der Waals surface area contributed by atoms with E-state index in [4.69, 9.17) is 9.47 Å². The van der Waals surface area contributed by atoms with E-state index in [9.17, 15) is 9.59 Å². The number of nitrogens with zero attached hydrogens (tertiary/aromatic N) is 3. The Morgan fingerprint density at radius 1 is 0.551 bits per heavy atom. The molecule has 0 amide bonds. The average Bonchev–Trinajstić information content (AvgIpc) is 3.10. The Morgan fingerprint density at radius 2 is 1.02 bits per heavy atom. The highest BCUT2D eigenvalue weighted by molar-refractivity contribution is 5.69. The van der Waals surface area contributed by atoms with E-state index in [-0.39, 0.29) is 18.0 Å². The first-order valence-electron chi connectivity index (χ1n) is 21.5. The number of esters is 2. The summed E-state index contributed by atoms with van der Waals surface area (Å²) in [7, 11) is 2.23. The molecule has 0 spiro atoms. The number of carbonyl (C=O) groups is 2. The van der Waals surface area contributed by atoms with E-state index in [1.807, 2.05) is 0 Å². The maximum Gasteiger partial charge on any atom is 0.306 e. The molecule has 1 atom stereocenters. The van der Waals surface area contributed by atoms with Gasteiger partial charge in [0.05, 0.1) is 6.61 Å². The van der Waals surface area contributed by atoms with Crippen LogP contribution in [0.15, 0.2) is 0 Å². The summed E-state index contributed by atoms with van der Waals surface area (Å²) in [4.78, 5) is 32.4. The molecule has 0 aliphatic carbocycles. The number of hydrogen-bond donors (Lipinski definition) is 0. The molecular formula is C42H83N3O4. The van der Waals surface area contributed by atoms with E-state index in [1.54, 1.807) is 0 Å². The second kappa shape index (κ2) is 33.9. The lowest BCUT2D eigenvalue weighted by Crippen LogP contribution is -2.47. The molecule has 49 heavy (non-hydrogen) atoms. The van der Waals surface area contributed by atoms with E-state index in [0.717, 1.165) is 64.3 Å². The van der Waals surface area contributed by atoms with Gasteiger partial charge in [-0.25, -0.2) is 0 Å². The van der Waals surface area contributed by atoms with Crippen molar-refractivity contribution in [3.05, 3.63) is 0 Å². The first-order valence-corrected chi connectivity index (χ1v) is 21.5. The van der Waals surface area contributed by atoms with Gasteiger partial charge in [0.1, 0.15) is 6.10 Å². The van der Waals surface area contributed by atoms with Crippen LogP contribution in [0.1, 0.15) is 188 Å². The largest absolute Gasteiger partial charge is 0.466 e. The minimum Gasteiger partial charge on any atom is -0.466 e. The number of likely N-dealkylation sites (N-methyl/N-ethyl adjacent to an activating group) is 1. The summed E-state index contributed by atoms with van der Waals surface area (Å²) in [5.41, 5.74) is 0. The van der Waals surface area contributed by atoms with Crippen molar-refractivity contribution < 1.29 is 19.1 Å². The third-order valence-corrected chi connectivity index (χ3v) is 10.4. The third-order valence-electron chi connectivity index (χ3n) is 10.4. The molecular weight excluding hydrogens is 610 g/mol. The van der Waals surface area contributed by atoms with Crippen LogP contribution in [-0.4, -0.2) is 98.8 Å². The van der Waals surface area contributed by atoms with Crippen LogP contribution in [0.25, 0.3) is 0 Å². The molecule has 1 fully saturated rings. The number of hydrogen-bond acceptors (Lipinski definition) is 7. The lowest BCUT2D eigenvalue weighted by Gasteiger charge is -2.34. The third kappa shape index (κ3) is 29.1. The van der Waals surface area contributed by atoms with E-state index < -0.39 is 0 Å². The fourth-order valence-corrected chi connectivity index (χ4v) is 6.85. The summed E-state index contributed by atoms with van der Waals surface area (Å²) in [5.74, 6) is 0.0166. The van der Waals surface area contributed by atoms with E-state index in [1.165, 1.54) is 142 Å². The van der Waals surface area contributed by atoms with Gasteiger partial charge in [0.15, 0.2) is 0 Å². The second-order valence-electron chi connectivity index (χ2n) is 15.1. The van der Waals surface area contributed by atoms with Gasteiger partial charge in [-0.3, -0.25) is 14.5 Å². The molecule has 7 heteroatoms. The topological polar surface area (TPSA) is 62.3 Å². The zero-order chi connectivity index (χ0) is 35.6. The molecule has 0 aromatic carbocycles. The minimum atomic E-state index is -0.0172. The Labute approximate surface area is 305 Å². The summed E-state index contributed by atoms with van der Waals surface area (Å²) in [6.45, 7) is 16.7. The van der Waals surface area contributed by atoms with Crippen molar-refractivity contribution in [2.75, 3.05) is 66.0 Å². The van der Waals surface area contributed by atoms with E-state index in [2.05, 4.69) is 42.5 Å². The van der Waals surface area contributed by atoms with Crippen molar-refractivity contribution in [3.8, 4) is 0 Å². The number of carbonyl (C=O) groups excluding carboxylic acids is 2. The zero-order valence-electron chi connectivity index (χ0n) is 33.3. The lowest BCUT2D eigenvalue weighted by atomic mass is 10.0. The van der Waals surface area contributed by atoms with Crippen molar-refractivity contribution in [1.82, 2.24) is 14.7 Å². The quantitative estimate of drug-likeness (QED) is 0.0484. The van der Waals surface area contributed by atoms with Gasteiger partial charge in [-0.15, -0.1) is 0 Å². The number of rotatable bonds is 35. The van der Waals surface area contributed by atoms with Crippen LogP contribution in [0.3, 0.4) is 0 Å². The van der Waals surface area contributed by atoms with Gasteiger partial charge in [-0.1, -0.05) is 117 Å². The Morgan fingerprint density at radius 3 is 1.61 bits per heavy atom. The predicted octanol–water partition coefficient (Wildman–Crippen LogP) is 10.2.